The van der Waals surface area contributed by atoms with Gasteiger partial charge >= 0.3 is 5.97 Å². The molecule has 1 aromatic heterocycles. The molecular weight excluding hydrogens is 376 g/mol. The van der Waals surface area contributed by atoms with E-state index in [4.69, 9.17) is 4.74 Å². The van der Waals surface area contributed by atoms with Gasteiger partial charge in [0, 0.05) is 29.9 Å². The van der Waals surface area contributed by atoms with Gasteiger partial charge in [-0.3, -0.25) is 14.4 Å². The third kappa shape index (κ3) is 4.74. The summed E-state index contributed by atoms with van der Waals surface area (Å²) < 4.78 is 5.35. The molecule has 0 bridgehead atoms. The number of piperidine rings is 1. The molecule has 28 heavy (non-hydrogen) atoms. The molecule has 2 amide bonds. The van der Waals surface area contributed by atoms with Crippen LogP contribution in [0.3, 0.4) is 0 Å². The van der Waals surface area contributed by atoms with Gasteiger partial charge in [-0.2, -0.15) is 0 Å². The first-order valence-electron chi connectivity index (χ1n) is 10.1. The predicted molar refractivity (Wildman–Crippen MR) is 108 cm³/mol. The second-order valence-corrected chi connectivity index (χ2v) is 9.66. The van der Waals surface area contributed by atoms with Gasteiger partial charge in [-0.15, -0.1) is 11.3 Å². The molecule has 0 saturated carbocycles. The molecule has 0 aromatic carbocycles. The number of esters is 1. The lowest BCUT2D eigenvalue weighted by Crippen LogP contribution is -2.45. The monoisotopic (exact) mass is 406 g/mol. The van der Waals surface area contributed by atoms with Gasteiger partial charge in [-0.25, -0.2) is 0 Å². The van der Waals surface area contributed by atoms with Crippen molar-refractivity contribution >= 4 is 29.1 Å². The van der Waals surface area contributed by atoms with Crippen LogP contribution in [0.4, 0.5) is 0 Å². The number of nitrogens with zero attached hydrogens (tertiary/aromatic N) is 2. The van der Waals surface area contributed by atoms with E-state index < -0.39 is 5.41 Å². The number of amides is 2. The van der Waals surface area contributed by atoms with Crippen LogP contribution in [0.1, 0.15) is 57.4 Å². The van der Waals surface area contributed by atoms with Crippen LogP contribution < -0.4 is 0 Å². The summed E-state index contributed by atoms with van der Waals surface area (Å²) in [6.07, 6.45) is 3.12. The van der Waals surface area contributed by atoms with Gasteiger partial charge in [0.2, 0.25) is 5.91 Å². The lowest BCUT2D eigenvalue weighted by atomic mass is 9.91. The van der Waals surface area contributed by atoms with Crippen LogP contribution in [0.15, 0.2) is 17.5 Å². The molecule has 0 spiro atoms. The zero-order valence-electron chi connectivity index (χ0n) is 17.0. The molecule has 1 aromatic rings. The molecule has 3 heterocycles. The van der Waals surface area contributed by atoms with E-state index in [2.05, 4.69) is 6.07 Å². The van der Waals surface area contributed by atoms with Gasteiger partial charge in [0.05, 0.1) is 12.0 Å². The predicted octanol–water partition coefficient (Wildman–Crippen LogP) is 3.24. The van der Waals surface area contributed by atoms with Gasteiger partial charge < -0.3 is 14.5 Å². The SMILES string of the molecule is CC(C)(C)C(=O)N1CCC(C(=O)OCC(=O)N2CCCC2c2cccs2)CC1. The Balaban J connectivity index is 1.46. The first-order valence-corrected chi connectivity index (χ1v) is 10.9. The van der Waals surface area contributed by atoms with Crippen LogP contribution in [0, 0.1) is 11.3 Å². The van der Waals surface area contributed by atoms with Crippen LogP contribution in [0.25, 0.3) is 0 Å². The average Bonchev–Trinajstić information content (AvgIpc) is 3.35. The molecule has 154 valence electrons. The van der Waals surface area contributed by atoms with Crippen LogP contribution >= 0.6 is 11.3 Å². The highest BCUT2D eigenvalue weighted by molar-refractivity contribution is 7.10. The van der Waals surface area contributed by atoms with Crippen molar-refractivity contribution in [2.75, 3.05) is 26.2 Å². The van der Waals surface area contributed by atoms with E-state index >= 15 is 0 Å². The molecule has 2 aliphatic heterocycles. The summed E-state index contributed by atoms with van der Waals surface area (Å²) in [5.41, 5.74) is -0.408. The number of carbonyl (C=O) groups is 3. The van der Waals surface area contributed by atoms with Crippen molar-refractivity contribution in [2.24, 2.45) is 11.3 Å². The topological polar surface area (TPSA) is 66.9 Å². The maximum Gasteiger partial charge on any atom is 0.309 e. The first-order chi connectivity index (χ1) is 13.3. The summed E-state index contributed by atoms with van der Waals surface area (Å²) in [7, 11) is 0. The molecule has 0 radical (unpaired) electrons. The highest BCUT2D eigenvalue weighted by Crippen LogP contribution is 2.34. The molecule has 0 N–H and O–H groups in total. The summed E-state index contributed by atoms with van der Waals surface area (Å²) in [5.74, 6) is -0.556. The molecule has 7 heteroatoms. The molecule has 3 rings (SSSR count). The minimum absolute atomic E-state index is 0.109. The Morgan fingerprint density at radius 1 is 1.14 bits per heavy atom. The van der Waals surface area contributed by atoms with E-state index in [9.17, 15) is 14.4 Å². The first kappa shape index (κ1) is 20.8. The fraction of sp³-hybridized carbons (Fsp3) is 0.667. The van der Waals surface area contributed by atoms with E-state index in [-0.39, 0.29) is 36.4 Å². The van der Waals surface area contributed by atoms with E-state index in [0.29, 0.717) is 32.5 Å². The van der Waals surface area contributed by atoms with Gasteiger partial charge in [0.25, 0.3) is 5.91 Å². The summed E-state index contributed by atoms with van der Waals surface area (Å²) in [4.78, 5) is 42.2. The second kappa shape index (κ2) is 8.64. The Morgan fingerprint density at radius 2 is 1.86 bits per heavy atom. The minimum atomic E-state index is -0.408. The lowest BCUT2D eigenvalue weighted by Gasteiger charge is -2.35. The molecule has 1 unspecified atom stereocenters. The molecule has 1 atom stereocenters. The Kier molecular flexibility index (Phi) is 6.43. The Labute approximate surface area is 170 Å². The summed E-state index contributed by atoms with van der Waals surface area (Å²) in [6.45, 7) is 7.37. The van der Waals surface area contributed by atoms with E-state index in [1.807, 2.05) is 42.0 Å². The van der Waals surface area contributed by atoms with Crippen molar-refractivity contribution in [1.82, 2.24) is 9.80 Å². The Hall–Kier alpha value is -1.89. The Morgan fingerprint density at radius 3 is 2.46 bits per heavy atom. The zero-order valence-corrected chi connectivity index (χ0v) is 17.8. The molecule has 6 nitrogen and oxygen atoms in total. The number of hydrogen-bond donors (Lipinski definition) is 0. The average molecular weight is 407 g/mol. The number of likely N-dealkylation sites (tertiary alicyclic amines) is 2. The van der Waals surface area contributed by atoms with Crippen LogP contribution in [0.2, 0.25) is 0 Å². The molecule has 2 fully saturated rings. The molecule has 2 saturated heterocycles. The van der Waals surface area contributed by atoms with Gasteiger partial charge in [-0.05, 0) is 37.1 Å². The van der Waals surface area contributed by atoms with Gasteiger partial charge in [0.1, 0.15) is 0 Å². The van der Waals surface area contributed by atoms with Gasteiger partial charge in [0.15, 0.2) is 6.61 Å². The van der Waals surface area contributed by atoms with Crippen molar-refractivity contribution in [2.45, 2.75) is 52.5 Å². The fourth-order valence-electron chi connectivity index (χ4n) is 3.97. The minimum Gasteiger partial charge on any atom is -0.455 e. The number of rotatable bonds is 4. The van der Waals surface area contributed by atoms with Crippen molar-refractivity contribution in [3.63, 3.8) is 0 Å². The molecule has 0 aliphatic carbocycles. The smallest absolute Gasteiger partial charge is 0.309 e. The maximum absolute atomic E-state index is 12.6. The molecule has 2 aliphatic rings. The summed E-state index contributed by atoms with van der Waals surface area (Å²) in [5, 5.41) is 2.02. The second-order valence-electron chi connectivity index (χ2n) is 8.68. The third-order valence-electron chi connectivity index (χ3n) is 5.54. The summed E-state index contributed by atoms with van der Waals surface area (Å²) >= 11 is 1.66. The lowest BCUT2D eigenvalue weighted by molar-refractivity contribution is -0.158. The largest absolute Gasteiger partial charge is 0.455 e. The van der Waals surface area contributed by atoms with Crippen LogP contribution in [0.5, 0.6) is 0 Å². The Bertz CT molecular complexity index is 702. The van der Waals surface area contributed by atoms with Crippen LogP contribution in [-0.4, -0.2) is 53.8 Å². The van der Waals surface area contributed by atoms with Gasteiger partial charge in [-0.1, -0.05) is 26.8 Å². The third-order valence-corrected chi connectivity index (χ3v) is 6.51. The van der Waals surface area contributed by atoms with E-state index in [1.54, 1.807) is 11.3 Å². The highest BCUT2D eigenvalue weighted by atomic mass is 32.1. The number of carbonyl (C=O) groups excluding carboxylic acids is 3. The quantitative estimate of drug-likeness (QED) is 0.720. The number of ether oxygens (including phenoxy) is 1. The van der Waals surface area contributed by atoms with Crippen molar-refractivity contribution in [3.05, 3.63) is 22.4 Å². The number of thiophene rings is 1. The summed E-state index contributed by atoms with van der Waals surface area (Å²) in [6, 6.07) is 4.16. The van der Waals surface area contributed by atoms with E-state index in [1.165, 1.54) is 4.88 Å². The fourth-order valence-corrected chi connectivity index (χ4v) is 4.84. The van der Waals surface area contributed by atoms with E-state index in [0.717, 1.165) is 12.8 Å². The normalized spacial score (nSPS) is 21.0. The van der Waals surface area contributed by atoms with Crippen molar-refractivity contribution < 1.29 is 19.1 Å². The highest BCUT2D eigenvalue weighted by Gasteiger charge is 2.34. The maximum atomic E-state index is 12.6. The van der Waals surface area contributed by atoms with Crippen molar-refractivity contribution in [1.29, 1.82) is 0 Å². The molecular formula is C21H30N2O4S. The number of hydrogen-bond acceptors (Lipinski definition) is 5. The zero-order chi connectivity index (χ0) is 20.3. The van der Waals surface area contributed by atoms with Crippen LogP contribution in [-0.2, 0) is 19.1 Å². The van der Waals surface area contributed by atoms with Crippen molar-refractivity contribution in [3.8, 4) is 0 Å². The standard InChI is InChI=1S/C21H30N2O4S/c1-21(2,3)20(26)22-11-8-15(9-12-22)19(25)27-14-18(24)23-10-4-6-16(23)17-7-5-13-28-17/h5,7,13,15-16H,4,6,8-12,14H2,1-3H3.